The highest BCUT2D eigenvalue weighted by Gasteiger charge is 2.17. The summed E-state index contributed by atoms with van der Waals surface area (Å²) in [6, 6.07) is 18.1. The molecule has 2 aromatic carbocycles. The van der Waals surface area contributed by atoms with Gasteiger partial charge in [-0.2, -0.15) is 0 Å². The second-order valence-corrected chi connectivity index (χ2v) is 6.77. The van der Waals surface area contributed by atoms with Gasteiger partial charge in [0.05, 0.1) is 11.7 Å². The summed E-state index contributed by atoms with van der Waals surface area (Å²) in [5.74, 6) is 0.147. The number of aromatic nitrogens is 1. The fourth-order valence-corrected chi connectivity index (χ4v) is 3.48. The normalized spacial score (nSPS) is 11.9. The van der Waals surface area contributed by atoms with E-state index in [0.29, 0.717) is 6.42 Å². The Morgan fingerprint density at radius 1 is 1.17 bits per heavy atom. The van der Waals surface area contributed by atoms with Crippen LogP contribution in [0.3, 0.4) is 0 Å². The summed E-state index contributed by atoms with van der Waals surface area (Å²) in [5, 5.41) is 6.45. The van der Waals surface area contributed by atoms with E-state index in [-0.39, 0.29) is 11.8 Å². The lowest BCUT2D eigenvalue weighted by Gasteiger charge is -2.16. The standard InChI is InChI=1S/C20H20N2OS/c1-14-7-6-8-16(11-14)20-22-19(13-24-20)18(12-15(2)23)21-17-9-4-3-5-10-17/h3-11,13,18,21H,12H2,1-2H3. The van der Waals surface area contributed by atoms with Gasteiger partial charge in [0, 0.05) is 23.1 Å². The number of benzene rings is 2. The molecule has 0 aliphatic carbocycles. The number of aryl methyl sites for hydroxylation is 1. The molecule has 3 rings (SSSR count). The summed E-state index contributed by atoms with van der Waals surface area (Å²) in [5.41, 5.74) is 4.24. The molecule has 24 heavy (non-hydrogen) atoms. The van der Waals surface area contributed by atoms with Gasteiger partial charge in [-0.25, -0.2) is 4.98 Å². The fraction of sp³-hybridized carbons (Fsp3) is 0.200. The van der Waals surface area contributed by atoms with Gasteiger partial charge in [-0.3, -0.25) is 4.79 Å². The van der Waals surface area contributed by atoms with E-state index in [1.54, 1.807) is 18.3 Å². The number of nitrogens with zero attached hydrogens (tertiary/aromatic N) is 1. The monoisotopic (exact) mass is 336 g/mol. The maximum absolute atomic E-state index is 11.7. The number of anilines is 1. The Morgan fingerprint density at radius 3 is 2.67 bits per heavy atom. The molecule has 4 heteroatoms. The number of carbonyl (C=O) groups excluding carboxylic acids is 1. The Bertz CT molecular complexity index is 826. The van der Waals surface area contributed by atoms with E-state index < -0.39 is 0 Å². The van der Waals surface area contributed by atoms with Crippen LogP contribution in [0.5, 0.6) is 0 Å². The number of hydrogen-bond donors (Lipinski definition) is 1. The van der Waals surface area contributed by atoms with Crippen LogP contribution in [0, 0.1) is 6.92 Å². The van der Waals surface area contributed by atoms with Gasteiger partial charge < -0.3 is 5.32 Å². The largest absolute Gasteiger partial charge is 0.376 e. The Labute approximate surface area is 146 Å². The highest BCUT2D eigenvalue weighted by atomic mass is 32.1. The third-order valence-corrected chi connectivity index (χ3v) is 4.66. The Hall–Kier alpha value is -2.46. The van der Waals surface area contributed by atoms with Gasteiger partial charge in [0.15, 0.2) is 0 Å². The van der Waals surface area contributed by atoms with Gasteiger partial charge in [-0.05, 0) is 32.0 Å². The smallest absolute Gasteiger partial charge is 0.132 e. The van der Waals surface area contributed by atoms with Gasteiger partial charge in [0.2, 0.25) is 0 Å². The number of thiazole rings is 1. The van der Waals surface area contributed by atoms with Crippen LogP contribution in [0.4, 0.5) is 5.69 Å². The predicted octanol–water partition coefficient (Wildman–Crippen LogP) is 5.25. The molecule has 0 spiro atoms. The summed E-state index contributed by atoms with van der Waals surface area (Å²) in [6.45, 7) is 3.70. The van der Waals surface area contributed by atoms with Crippen molar-refractivity contribution in [3.8, 4) is 10.6 Å². The summed E-state index contributed by atoms with van der Waals surface area (Å²) >= 11 is 1.61. The first kappa shape index (κ1) is 16.4. The van der Waals surface area contributed by atoms with Crippen LogP contribution in [0.2, 0.25) is 0 Å². The molecule has 0 bridgehead atoms. The molecule has 1 aromatic heterocycles. The minimum absolute atomic E-state index is 0.111. The second kappa shape index (κ2) is 7.41. The highest BCUT2D eigenvalue weighted by molar-refractivity contribution is 7.13. The molecule has 122 valence electrons. The molecule has 0 saturated carbocycles. The van der Waals surface area contributed by atoms with Crippen molar-refractivity contribution in [2.45, 2.75) is 26.3 Å². The lowest BCUT2D eigenvalue weighted by molar-refractivity contribution is -0.117. The average Bonchev–Trinajstić information content (AvgIpc) is 3.05. The maximum atomic E-state index is 11.7. The molecule has 3 aromatic rings. The van der Waals surface area contributed by atoms with E-state index in [1.807, 2.05) is 41.8 Å². The van der Waals surface area contributed by atoms with Crippen molar-refractivity contribution < 1.29 is 4.79 Å². The molecule has 0 saturated heterocycles. The van der Waals surface area contributed by atoms with Gasteiger partial charge in [0.1, 0.15) is 10.8 Å². The van der Waals surface area contributed by atoms with Crippen LogP contribution in [0.15, 0.2) is 60.0 Å². The molecule has 1 heterocycles. The molecule has 1 unspecified atom stereocenters. The van der Waals surface area contributed by atoms with E-state index in [1.165, 1.54) is 5.56 Å². The topological polar surface area (TPSA) is 42.0 Å². The van der Waals surface area contributed by atoms with Crippen LogP contribution >= 0.6 is 11.3 Å². The quantitative estimate of drug-likeness (QED) is 0.668. The van der Waals surface area contributed by atoms with Gasteiger partial charge in [0.25, 0.3) is 0 Å². The Kier molecular flexibility index (Phi) is 5.06. The summed E-state index contributed by atoms with van der Waals surface area (Å²) in [4.78, 5) is 16.4. The minimum atomic E-state index is -0.111. The second-order valence-electron chi connectivity index (χ2n) is 5.92. The van der Waals surface area contributed by atoms with Crippen molar-refractivity contribution in [3.63, 3.8) is 0 Å². The first-order valence-corrected chi connectivity index (χ1v) is 8.83. The summed E-state index contributed by atoms with van der Waals surface area (Å²) < 4.78 is 0. The zero-order chi connectivity index (χ0) is 16.9. The van der Waals surface area contributed by atoms with E-state index in [9.17, 15) is 4.79 Å². The first-order chi connectivity index (χ1) is 11.6. The van der Waals surface area contributed by atoms with E-state index in [4.69, 9.17) is 4.98 Å². The Morgan fingerprint density at radius 2 is 1.96 bits per heavy atom. The third-order valence-electron chi connectivity index (χ3n) is 3.75. The minimum Gasteiger partial charge on any atom is -0.376 e. The zero-order valence-electron chi connectivity index (χ0n) is 13.8. The molecule has 1 N–H and O–H groups in total. The highest BCUT2D eigenvalue weighted by Crippen LogP contribution is 2.29. The van der Waals surface area contributed by atoms with Crippen LogP contribution in [0.1, 0.15) is 30.6 Å². The van der Waals surface area contributed by atoms with Crippen LogP contribution in [-0.2, 0) is 4.79 Å². The van der Waals surface area contributed by atoms with Crippen molar-refractivity contribution in [2.24, 2.45) is 0 Å². The van der Waals surface area contributed by atoms with E-state index in [2.05, 4.69) is 30.4 Å². The number of carbonyl (C=O) groups is 1. The molecule has 0 aliphatic rings. The van der Waals surface area contributed by atoms with Crippen LogP contribution < -0.4 is 5.32 Å². The molecular weight excluding hydrogens is 316 g/mol. The molecule has 0 amide bonds. The van der Waals surface area contributed by atoms with Gasteiger partial charge >= 0.3 is 0 Å². The van der Waals surface area contributed by atoms with Crippen molar-refractivity contribution in [3.05, 3.63) is 71.2 Å². The molecule has 0 radical (unpaired) electrons. The van der Waals surface area contributed by atoms with Crippen molar-refractivity contribution >= 4 is 22.8 Å². The fourth-order valence-electron chi connectivity index (χ4n) is 2.61. The maximum Gasteiger partial charge on any atom is 0.132 e. The Balaban J connectivity index is 1.87. The molecule has 1 atom stereocenters. The summed E-state index contributed by atoms with van der Waals surface area (Å²) in [6.07, 6.45) is 0.423. The van der Waals surface area contributed by atoms with Crippen molar-refractivity contribution in [2.75, 3.05) is 5.32 Å². The lowest BCUT2D eigenvalue weighted by Crippen LogP contribution is -2.14. The van der Waals surface area contributed by atoms with Crippen molar-refractivity contribution in [1.29, 1.82) is 0 Å². The predicted molar refractivity (Wildman–Crippen MR) is 100 cm³/mol. The first-order valence-electron chi connectivity index (χ1n) is 7.95. The van der Waals surface area contributed by atoms with Crippen LogP contribution in [0.25, 0.3) is 10.6 Å². The number of rotatable bonds is 6. The van der Waals surface area contributed by atoms with E-state index >= 15 is 0 Å². The van der Waals surface area contributed by atoms with Crippen LogP contribution in [-0.4, -0.2) is 10.8 Å². The van der Waals surface area contributed by atoms with Gasteiger partial charge in [-0.1, -0.05) is 42.0 Å². The zero-order valence-corrected chi connectivity index (χ0v) is 14.6. The number of nitrogens with one attached hydrogen (secondary N) is 1. The van der Waals surface area contributed by atoms with Gasteiger partial charge in [-0.15, -0.1) is 11.3 Å². The third kappa shape index (κ3) is 4.09. The SMILES string of the molecule is CC(=O)CC(Nc1ccccc1)c1csc(-c2cccc(C)c2)n1. The lowest BCUT2D eigenvalue weighted by atomic mass is 10.1. The van der Waals surface area contributed by atoms with Crippen molar-refractivity contribution in [1.82, 2.24) is 4.98 Å². The average molecular weight is 336 g/mol. The number of hydrogen-bond acceptors (Lipinski definition) is 4. The molecule has 0 aliphatic heterocycles. The molecule has 0 fully saturated rings. The number of ketones is 1. The molecule has 3 nitrogen and oxygen atoms in total. The molecular formula is C20H20N2OS. The number of Topliss-reactive ketones (excluding diaryl/α,β-unsaturated/α-hetero) is 1. The summed E-state index contributed by atoms with van der Waals surface area (Å²) in [7, 11) is 0. The number of para-hydroxylation sites is 1. The van der Waals surface area contributed by atoms with E-state index in [0.717, 1.165) is 22.0 Å².